The number of halogens is 4. The summed E-state index contributed by atoms with van der Waals surface area (Å²) in [7, 11) is -2.69. The molecule has 0 radical (unpaired) electrons. The van der Waals surface area contributed by atoms with Crippen molar-refractivity contribution in [3.63, 3.8) is 0 Å². The van der Waals surface area contributed by atoms with Crippen LogP contribution in [-0.4, -0.2) is 62.6 Å². The van der Waals surface area contributed by atoms with E-state index in [1.54, 1.807) is 20.8 Å². The zero-order chi connectivity index (χ0) is 21.6. The van der Waals surface area contributed by atoms with E-state index in [0.29, 0.717) is 4.31 Å². The van der Waals surface area contributed by atoms with Crippen molar-refractivity contribution in [3.05, 3.63) is 23.3 Å². The molecule has 0 aromatic heterocycles. The minimum atomic E-state index is -4.70. The summed E-state index contributed by atoms with van der Waals surface area (Å²) in [6.07, 6.45) is -1.66. The van der Waals surface area contributed by atoms with Crippen molar-refractivity contribution in [2.24, 2.45) is 0 Å². The summed E-state index contributed by atoms with van der Waals surface area (Å²) in [6.45, 7) is 4.66. The molecule has 1 aromatic rings. The Kier molecular flexibility index (Phi) is 5.86. The second-order valence-electron chi connectivity index (χ2n) is 7.33. The number of amides is 1. The lowest BCUT2D eigenvalue weighted by molar-refractivity contribution is -0.0241. The molecule has 28 heavy (non-hydrogen) atoms. The Morgan fingerprint density at radius 2 is 1.54 bits per heavy atom. The van der Waals surface area contributed by atoms with Crippen molar-refractivity contribution in [1.29, 1.82) is 0 Å². The highest BCUT2D eigenvalue weighted by Crippen LogP contribution is 2.36. The van der Waals surface area contributed by atoms with Crippen LogP contribution in [0.5, 0.6) is 5.75 Å². The molecular formula is C16H20F4N2O5S. The van der Waals surface area contributed by atoms with E-state index in [1.165, 1.54) is 4.90 Å². The van der Waals surface area contributed by atoms with E-state index in [2.05, 4.69) is 0 Å². The second kappa shape index (κ2) is 7.39. The van der Waals surface area contributed by atoms with Crippen LogP contribution >= 0.6 is 0 Å². The average molecular weight is 428 g/mol. The number of likely N-dealkylation sites (tertiary alicyclic amines) is 1. The van der Waals surface area contributed by atoms with Crippen molar-refractivity contribution >= 4 is 16.1 Å². The van der Waals surface area contributed by atoms with Crippen LogP contribution in [0.1, 0.15) is 20.8 Å². The monoisotopic (exact) mass is 428 g/mol. The van der Waals surface area contributed by atoms with E-state index in [4.69, 9.17) is 9.47 Å². The van der Waals surface area contributed by atoms with Gasteiger partial charge in [0.1, 0.15) is 11.7 Å². The van der Waals surface area contributed by atoms with Gasteiger partial charge in [0.25, 0.3) is 0 Å². The summed E-state index contributed by atoms with van der Waals surface area (Å²) in [5.41, 5.74) is -0.759. The number of sulfonamides is 1. The average Bonchev–Trinajstić information content (AvgIpc) is 2.50. The van der Waals surface area contributed by atoms with Crippen LogP contribution in [-0.2, 0) is 14.8 Å². The highest BCUT2D eigenvalue weighted by atomic mass is 32.2. The van der Waals surface area contributed by atoms with Gasteiger partial charge in [-0.3, -0.25) is 0 Å². The Balaban J connectivity index is 2.32. The lowest BCUT2D eigenvalue weighted by Crippen LogP contribution is -2.57. The molecule has 12 heteroatoms. The number of carbonyl (C=O) groups excluding carboxylic acids is 1. The van der Waals surface area contributed by atoms with Gasteiger partial charge in [-0.2, -0.15) is 4.39 Å². The molecule has 0 aliphatic carbocycles. The first-order valence-electron chi connectivity index (χ1n) is 8.10. The van der Waals surface area contributed by atoms with Crippen LogP contribution in [0.15, 0.2) is 4.90 Å². The van der Waals surface area contributed by atoms with E-state index in [-0.39, 0.29) is 13.1 Å². The van der Waals surface area contributed by atoms with Crippen LogP contribution < -0.4 is 4.74 Å². The molecule has 1 aliphatic heterocycles. The molecule has 1 heterocycles. The molecule has 1 fully saturated rings. The molecular weight excluding hydrogens is 408 g/mol. The third-order valence-electron chi connectivity index (χ3n) is 3.71. The van der Waals surface area contributed by atoms with Gasteiger partial charge in [0.15, 0.2) is 22.3 Å². The van der Waals surface area contributed by atoms with Crippen LogP contribution in [0, 0.1) is 23.3 Å². The highest BCUT2D eigenvalue weighted by Gasteiger charge is 2.40. The number of hydrogen-bond donors (Lipinski definition) is 0. The highest BCUT2D eigenvalue weighted by molar-refractivity contribution is 7.89. The molecule has 0 atom stereocenters. The fourth-order valence-electron chi connectivity index (χ4n) is 2.26. The molecule has 1 aromatic carbocycles. The Bertz CT molecular complexity index is 894. The summed E-state index contributed by atoms with van der Waals surface area (Å²) in [5.74, 6) is -9.82. The SMILES string of the molecule is CN(C)S(=O)(=O)c1c(F)c(F)c(F)c(F)c1OC1CN(C(=O)OC(C)(C)C)C1. The molecule has 158 valence electrons. The van der Waals surface area contributed by atoms with Gasteiger partial charge in [0.2, 0.25) is 21.7 Å². The zero-order valence-corrected chi connectivity index (χ0v) is 16.7. The fourth-order valence-corrected chi connectivity index (χ4v) is 3.32. The van der Waals surface area contributed by atoms with Crippen molar-refractivity contribution in [2.75, 3.05) is 27.2 Å². The fraction of sp³-hybridized carbons (Fsp3) is 0.562. The van der Waals surface area contributed by atoms with Gasteiger partial charge in [0.05, 0.1) is 13.1 Å². The number of benzene rings is 1. The standard InChI is InChI=1S/C16H20F4N2O5S/c1-16(2,3)27-15(23)22-6-8(7-22)26-13-11(19)9(17)10(18)12(20)14(13)28(24,25)21(4)5/h8H,6-7H2,1-5H3. The molecule has 1 aliphatic rings. The summed E-state index contributed by atoms with van der Waals surface area (Å²) in [6, 6.07) is 0. The molecule has 0 saturated carbocycles. The minimum Gasteiger partial charge on any atom is -0.482 e. The molecule has 2 rings (SSSR count). The smallest absolute Gasteiger partial charge is 0.410 e. The van der Waals surface area contributed by atoms with E-state index in [9.17, 15) is 30.8 Å². The predicted octanol–water partition coefficient (Wildman–Crippen LogP) is 2.49. The molecule has 0 bridgehead atoms. The van der Waals surface area contributed by atoms with Crippen molar-refractivity contribution in [2.45, 2.75) is 37.4 Å². The van der Waals surface area contributed by atoms with Gasteiger partial charge in [-0.15, -0.1) is 0 Å². The minimum absolute atomic E-state index is 0.142. The van der Waals surface area contributed by atoms with Crippen LogP contribution in [0.3, 0.4) is 0 Å². The first-order chi connectivity index (χ1) is 12.7. The first kappa shape index (κ1) is 22.2. The molecule has 1 saturated heterocycles. The second-order valence-corrected chi connectivity index (χ2v) is 9.42. The van der Waals surface area contributed by atoms with E-state index in [0.717, 1.165) is 14.1 Å². The van der Waals surface area contributed by atoms with Gasteiger partial charge < -0.3 is 14.4 Å². The van der Waals surface area contributed by atoms with Crippen molar-refractivity contribution < 1.29 is 40.2 Å². The summed E-state index contributed by atoms with van der Waals surface area (Å²) < 4.78 is 90.8. The maximum absolute atomic E-state index is 14.2. The van der Waals surface area contributed by atoms with Crippen molar-refractivity contribution in [3.8, 4) is 5.75 Å². The molecule has 7 nitrogen and oxygen atoms in total. The third-order valence-corrected chi connectivity index (χ3v) is 5.55. The van der Waals surface area contributed by atoms with E-state index in [1.807, 2.05) is 0 Å². The summed E-state index contributed by atoms with van der Waals surface area (Å²) in [4.78, 5) is 11.6. The molecule has 0 spiro atoms. The van der Waals surface area contributed by atoms with Gasteiger partial charge >= 0.3 is 6.09 Å². The van der Waals surface area contributed by atoms with Gasteiger partial charge in [-0.1, -0.05) is 0 Å². The van der Waals surface area contributed by atoms with E-state index >= 15 is 0 Å². The number of ether oxygens (including phenoxy) is 2. The number of rotatable bonds is 4. The largest absolute Gasteiger partial charge is 0.482 e. The maximum Gasteiger partial charge on any atom is 0.410 e. The number of hydrogen-bond acceptors (Lipinski definition) is 5. The Labute approximate surface area is 159 Å². The van der Waals surface area contributed by atoms with Crippen LogP contribution in [0.2, 0.25) is 0 Å². The lowest BCUT2D eigenvalue weighted by atomic mass is 10.1. The molecule has 1 amide bonds. The number of nitrogens with zero attached hydrogens (tertiary/aromatic N) is 2. The van der Waals surface area contributed by atoms with Gasteiger partial charge in [0, 0.05) is 14.1 Å². The third kappa shape index (κ3) is 4.17. The molecule has 0 unspecified atom stereocenters. The topological polar surface area (TPSA) is 76.2 Å². The van der Waals surface area contributed by atoms with Crippen molar-refractivity contribution in [1.82, 2.24) is 9.21 Å². The normalized spacial score (nSPS) is 15.6. The molecule has 0 N–H and O–H groups in total. The van der Waals surface area contributed by atoms with E-state index < -0.39 is 61.7 Å². The van der Waals surface area contributed by atoms with Crippen LogP contribution in [0.4, 0.5) is 22.4 Å². The Morgan fingerprint density at radius 3 is 2.00 bits per heavy atom. The Hall–Kier alpha value is -2.08. The maximum atomic E-state index is 14.2. The van der Waals surface area contributed by atoms with Gasteiger partial charge in [-0.25, -0.2) is 30.7 Å². The predicted molar refractivity (Wildman–Crippen MR) is 89.4 cm³/mol. The first-order valence-corrected chi connectivity index (χ1v) is 9.54. The van der Waals surface area contributed by atoms with Gasteiger partial charge in [-0.05, 0) is 20.8 Å². The zero-order valence-electron chi connectivity index (χ0n) is 15.8. The van der Waals surface area contributed by atoms with Crippen LogP contribution in [0.25, 0.3) is 0 Å². The quantitative estimate of drug-likeness (QED) is 0.419. The lowest BCUT2D eigenvalue weighted by Gasteiger charge is -2.39. The Morgan fingerprint density at radius 1 is 1.04 bits per heavy atom. The number of carbonyl (C=O) groups is 1. The summed E-state index contributed by atoms with van der Waals surface area (Å²) >= 11 is 0. The summed E-state index contributed by atoms with van der Waals surface area (Å²) in [5, 5.41) is 0.